The van der Waals surface area contributed by atoms with E-state index in [-0.39, 0.29) is 68.1 Å². The van der Waals surface area contributed by atoms with Gasteiger partial charge >= 0.3 is 0 Å². The van der Waals surface area contributed by atoms with Crippen molar-refractivity contribution in [3.63, 3.8) is 0 Å². The van der Waals surface area contributed by atoms with E-state index in [1.165, 1.54) is 48.5 Å². The molecule has 2 aromatic heterocycles. The summed E-state index contributed by atoms with van der Waals surface area (Å²) in [5.41, 5.74) is -1.05. The van der Waals surface area contributed by atoms with Crippen LogP contribution in [0, 0.1) is 0 Å². The lowest BCUT2D eigenvalue weighted by molar-refractivity contribution is 0.480. The number of rotatable bonds is 14. The van der Waals surface area contributed by atoms with Crippen molar-refractivity contribution in [3.05, 3.63) is 114 Å². The normalized spacial score (nSPS) is 12.4. The number of aromatic hydroxyl groups is 1. The van der Waals surface area contributed by atoms with Crippen molar-refractivity contribution < 1.29 is 57.0 Å². The number of phenols is 1. The van der Waals surface area contributed by atoms with Crippen LogP contribution >= 0.6 is 23.2 Å². The van der Waals surface area contributed by atoms with Crippen LogP contribution in [-0.2, 0) is 40.5 Å². The Balaban J connectivity index is 1.12. The fourth-order valence-electron chi connectivity index (χ4n) is 6.51. The number of benzene rings is 6. The molecule has 0 unspecified atom stereocenters. The number of hydrogen-bond donors (Lipinski definition) is 9. The van der Waals surface area contributed by atoms with E-state index in [1.54, 1.807) is 18.2 Å². The van der Waals surface area contributed by atoms with Crippen LogP contribution in [0.3, 0.4) is 0 Å². The molecular weight excluding hydrogens is 1030 g/mol. The van der Waals surface area contributed by atoms with Crippen LogP contribution in [-0.4, -0.2) is 86.9 Å². The van der Waals surface area contributed by atoms with Gasteiger partial charge in [-0.2, -0.15) is 63.6 Å². The maximum absolute atomic E-state index is 12.5. The van der Waals surface area contributed by atoms with E-state index in [1.807, 2.05) is 0 Å². The number of aromatic nitrogens is 6. The fraction of sp³-hybridized carbons (Fsp3) is 0. The number of hydrogen-bond acceptors (Lipinski definition) is 21. The third kappa shape index (κ3) is 11.0. The predicted molar refractivity (Wildman–Crippen MR) is 249 cm³/mol. The zero-order valence-electron chi connectivity index (χ0n) is 33.8. The number of halogens is 2. The van der Waals surface area contributed by atoms with E-state index in [4.69, 9.17) is 23.2 Å². The summed E-state index contributed by atoms with van der Waals surface area (Å²) in [4.78, 5) is 21.8. The molecule has 6 aromatic carbocycles. The van der Waals surface area contributed by atoms with Gasteiger partial charge in [0.05, 0.1) is 21.2 Å². The van der Waals surface area contributed by atoms with Crippen LogP contribution in [0.1, 0.15) is 0 Å². The molecule has 9 N–H and O–H groups in total. The summed E-state index contributed by atoms with van der Waals surface area (Å²) in [6.45, 7) is 0. The molecule has 8 rings (SSSR count). The second-order valence-corrected chi connectivity index (χ2v) is 20.2. The molecule has 0 aliphatic carbocycles. The second-order valence-electron chi connectivity index (χ2n) is 14.0. The first-order valence-electron chi connectivity index (χ1n) is 18.7. The average molecular weight is 1060 g/mol. The van der Waals surface area contributed by atoms with Crippen molar-refractivity contribution in [2.45, 2.75) is 19.6 Å². The van der Waals surface area contributed by atoms with E-state index in [2.05, 4.69) is 61.4 Å². The van der Waals surface area contributed by atoms with Crippen LogP contribution in [0.25, 0.3) is 21.5 Å². The van der Waals surface area contributed by atoms with Gasteiger partial charge < -0.3 is 26.4 Å². The van der Waals surface area contributed by atoms with Gasteiger partial charge in [-0.15, -0.1) is 10.2 Å². The summed E-state index contributed by atoms with van der Waals surface area (Å²) in [5.74, 6) is -2.03. The monoisotopic (exact) mass is 1060 g/mol. The highest BCUT2D eigenvalue weighted by atomic mass is 35.5. The minimum absolute atomic E-state index is 0.0135. The van der Waals surface area contributed by atoms with Crippen LogP contribution in [0.2, 0.25) is 10.6 Å². The minimum atomic E-state index is -4.94. The van der Waals surface area contributed by atoms with Gasteiger partial charge in [-0.3, -0.25) is 18.2 Å². The Kier molecular flexibility index (Phi) is 12.8. The molecule has 31 heteroatoms. The number of phenolic OH excluding ortho intramolecular Hbond substituents is 1. The fourth-order valence-corrected chi connectivity index (χ4v) is 9.37. The Bertz CT molecular complexity index is 3930. The number of azo groups is 1. The molecule has 0 atom stereocenters. The molecule has 0 saturated heterocycles. The summed E-state index contributed by atoms with van der Waals surface area (Å²) in [5, 5.41) is 29.9. The summed E-state index contributed by atoms with van der Waals surface area (Å²) in [6, 6.07) is 21.8. The van der Waals surface area contributed by atoms with Gasteiger partial charge in [0.1, 0.15) is 21.2 Å². The molecule has 0 aliphatic heterocycles. The zero-order chi connectivity index (χ0) is 49.6. The summed E-state index contributed by atoms with van der Waals surface area (Å²) < 4.78 is 137. The number of nitrogens with zero attached hydrogens (tertiary/aromatic N) is 8. The molecule has 0 radical (unpaired) electrons. The van der Waals surface area contributed by atoms with E-state index in [0.717, 1.165) is 36.4 Å². The van der Waals surface area contributed by atoms with Gasteiger partial charge in [0.2, 0.25) is 34.4 Å². The number of anilines is 8. The van der Waals surface area contributed by atoms with Gasteiger partial charge in [-0.05, 0) is 94.6 Å². The zero-order valence-corrected chi connectivity index (χ0v) is 38.6. The molecule has 0 fully saturated rings. The molecule has 69 heavy (non-hydrogen) atoms. The van der Waals surface area contributed by atoms with Crippen molar-refractivity contribution in [1.29, 1.82) is 0 Å². The largest absolute Gasteiger partial charge is 0.505 e. The SMILES string of the molecule is O=S(=O)(O)c1cccc(Nc2nc(Cl)nc(Nc3cc(Nc4nc(Cl)nc(Nc5cc(S(=O)(=O)O)cc6ccc(N=Nc7ccc8ccccc8c7S(=O)(=O)O)c(O)c56)n4)ccc3S(=O)(=O)O)n2)c1. The Morgan fingerprint density at radius 3 is 1.62 bits per heavy atom. The van der Waals surface area contributed by atoms with Crippen molar-refractivity contribution in [2.24, 2.45) is 10.2 Å². The first kappa shape index (κ1) is 48.1. The minimum Gasteiger partial charge on any atom is -0.505 e. The molecule has 2 heterocycles. The maximum Gasteiger partial charge on any atom is 0.297 e. The molecule has 0 saturated carbocycles. The average Bonchev–Trinajstić information content (AvgIpc) is 3.24. The van der Waals surface area contributed by atoms with Gasteiger partial charge in [-0.1, -0.05) is 42.5 Å². The van der Waals surface area contributed by atoms with E-state index < -0.39 is 82.3 Å². The smallest absolute Gasteiger partial charge is 0.297 e. The van der Waals surface area contributed by atoms with E-state index >= 15 is 0 Å². The van der Waals surface area contributed by atoms with Crippen LogP contribution in [0.4, 0.5) is 57.9 Å². The third-order valence-corrected chi connectivity index (χ3v) is 13.2. The highest BCUT2D eigenvalue weighted by Gasteiger charge is 2.23. The van der Waals surface area contributed by atoms with Crippen molar-refractivity contribution in [3.8, 4) is 5.75 Å². The van der Waals surface area contributed by atoms with Crippen LogP contribution in [0.15, 0.2) is 133 Å². The van der Waals surface area contributed by atoms with Crippen LogP contribution < -0.4 is 21.3 Å². The topological polar surface area (TPSA) is 388 Å². The number of nitrogens with one attached hydrogen (secondary N) is 4. The molecule has 0 bridgehead atoms. The molecule has 354 valence electrons. The molecule has 0 amide bonds. The van der Waals surface area contributed by atoms with Crippen molar-refractivity contribution in [2.75, 3.05) is 21.3 Å². The van der Waals surface area contributed by atoms with Gasteiger partial charge in [0.25, 0.3) is 40.5 Å². The van der Waals surface area contributed by atoms with Crippen molar-refractivity contribution >= 4 is 143 Å². The molecule has 8 aromatic rings. The lowest BCUT2D eigenvalue weighted by Gasteiger charge is -2.15. The summed E-state index contributed by atoms with van der Waals surface area (Å²) >= 11 is 12.4. The molecule has 0 aliphatic rings. The summed E-state index contributed by atoms with van der Waals surface area (Å²) in [6.07, 6.45) is 0. The third-order valence-electron chi connectivity index (χ3n) is 9.33. The van der Waals surface area contributed by atoms with Gasteiger partial charge in [-0.25, -0.2) is 0 Å². The first-order chi connectivity index (χ1) is 32.4. The quantitative estimate of drug-likeness (QED) is 0.0371. The lowest BCUT2D eigenvalue weighted by atomic mass is 10.1. The Morgan fingerprint density at radius 2 is 1.01 bits per heavy atom. The Morgan fingerprint density at radius 1 is 0.464 bits per heavy atom. The van der Waals surface area contributed by atoms with Crippen LogP contribution in [0.5, 0.6) is 5.75 Å². The standard InChI is InChI=1S/C38H26Cl2N12O13S4/c39-33-45-35(41-20-5-3-6-22(15-20)66(54,55)56)49-37(47-33)43-27-16-21(10-13-29(27)68(60,61)62)42-36-46-34(40)48-38(50-36)44-28-17-23(67(57,58)59)14-19-9-11-25(31(53)30(19)28)51-52-26-12-8-18-4-1-2-7-24(18)32(26)69(63,64)65/h1-17,53H,(H,54,55,56)(H,57,58,59)(H,60,61,62)(H,63,64,65)(H2,41,43,45,47,49)(H2,42,44,46,48,50). The summed E-state index contributed by atoms with van der Waals surface area (Å²) in [7, 11) is -19.3. The predicted octanol–water partition coefficient (Wildman–Crippen LogP) is 7.75. The van der Waals surface area contributed by atoms with E-state index in [0.29, 0.717) is 5.39 Å². The Labute approximate surface area is 398 Å². The van der Waals surface area contributed by atoms with Gasteiger partial charge in [0.15, 0.2) is 5.75 Å². The number of fused-ring (bicyclic) bond motifs is 2. The van der Waals surface area contributed by atoms with E-state index in [9.17, 15) is 57.0 Å². The molecule has 0 spiro atoms. The van der Waals surface area contributed by atoms with Gasteiger partial charge in [0, 0.05) is 22.1 Å². The molecular formula is C38H26Cl2N12O13S4. The lowest BCUT2D eigenvalue weighted by Crippen LogP contribution is -2.09. The maximum atomic E-state index is 12.5. The Hall–Kier alpha value is -7.32. The van der Waals surface area contributed by atoms with Crippen molar-refractivity contribution in [1.82, 2.24) is 29.9 Å². The molecule has 25 nitrogen and oxygen atoms in total. The highest BCUT2D eigenvalue weighted by molar-refractivity contribution is 7.86. The highest BCUT2D eigenvalue weighted by Crippen LogP contribution is 2.43. The second kappa shape index (κ2) is 18.3. The first-order valence-corrected chi connectivity index (χ1v) is 25.2.